The zero-order chi connectivity index (χ0) is 19.5. The highest BCUT2D eigenvalue weighted by molar-refractivity contribution is 7.99. The molecule has 0 aliphatic heterocycles. The van der Waals surface area contributed by atoms with Gasteiger partial charge in [0.2, 0.25) is 0 Å². The second-order valence-electron chi connectivity index (χ2n) is 8.02. The summed E-state index contributed by atoms with van der Waals surface area (Å²) in [6.07, 6.45) is 8.58. The Kier molecular flexibility index (Phi) is 10.5. The fourth-order valence-electron chi connectivity index (χ4n) is 3.00. The van der Waals surface area contributed by atoms with Crippen molar-refractivity contribution in [1.82, 2.24) is 9.88 Å². The summed E-state index contributed by atoms with van der Waals surface area (Å²) >= 11 is 3.81. The van der Waals surface area contributed by atoms with Gasteiger partial charge in [-0.25, -0.2) is 4.98 Å². The molecule has 0 spiro atoms. The minimum absolute atomic E-state index is 0.732. The maximum Gasteiger partial charge on any atom is 0.0998 e. The molecule has 0 saturated heterocycles. The topological polar surface area (TPSA) is 16.1 Å². The number of aryl methyl sites for hydroxylation is 1. The zero-order valence-electron chi connectivity index (χ0n) is 17.5. The highest BCUT2D eigenvalue weighted by Crippen LogP contribution is 2.26. The van der Waals surface area contributed by atoms with Crippen molar-refractivity contribution in [1.29, 1.82) is 0 Å². The average Bonchev–Trinajstić information content (AvgIpc) is 3.13. The van der Waals surface area contributed by atoms with Crippen molar-refractivity contribution in [2.75, 3.05) is 26.4 Å². The summed E-state index contributed by atoms with van der Waals surface area (Å²) in [5, 5.41) is 3.43. The van der Waals surface area contributed by atoms with Crippen LogP contribution in [-0.4, -0.2) is 36.3 Å². The summed E-state index contributed by atoms with van der Waals surface area (Å²) in [5.74, 6) is 1.91. The molecular formula is C23H36N2S2. The lowest BCUT2D eigenvalue weighted by Gasteiger charge is -2.12. The summed E-state index contributed by atoms with van der Waals surface area (Å²) in [6, 6.07) is 8.94. The molecule has 4 heteroatoms. The van der Waals surface area contributed by atoms with Crippen LogP contribution < -0.4 is 0 Å². The molecule has 0 aromatic carbocycles. The number of aromatic nitrogens is 1. The molecule has 2 aromatic heterocycles. The lowest BCUT2D eigenvalue weighted by atomic mass is 10.1. The van der Waals surface area contributed by atoms with Gasteiger partial charge in [-0.3, -0.25) is 0 Å². The van der Waals surface area contributed by atoms with Gasteiger partial charge >= 0.3 is 0 Å². The smallest absolute Gasteiger partial charge is 0.0998 e. The molecule has 0 radical (unpaired) electrons. The minimum atomic E-state index is 0.732. The first-order valence-corrected chi connectivity index (χ1v) is 12.2. The van der Waals surface area contributed by atoms with Crippen LogP contribution in [-0.2, 0) is 12.8 Å². The van der Waals surface area contributed by atoms with Gasteiger partial charge < -0.3 is 4.90 Å². The number of thioether (sulfide) groups is 1. The quantitative estimate of drug-likeness (QED) is 0.279. The van der Waals surface area contributed by atoms with Gasteiger partial charge in [-0.1, -0.05) is 38.8 Å². The van der Waals surface area contributed by atoms with E-state index < -0.39 is 0 Å². The van der Waals surface area contributed by atoms with E-state index in [2.05, 4.69) is 62.5 Å². The molecule has 0 aliphatic rings. The van der Waals surface area contributed by atoms with E-state index in [1.807, 2.05) is 23.1 Å². The number of pyridine rings is 1. The molecule has 0 N–H and O–H groups in total. The molecular weight excluding hydrogens is 368 g/mol. The Bertz CT molecular complexity index is 636. The monoisotopic (exact) mass is 404 g/mol. The van der Waals surface area contributed by atoms with Gasteiger partial charge in [0.25, 0.3) is 0 Å². The molecule has 0 saturated carbocycles. The van der Waals surface area contributed by atoms with Gasteiger partial charge in [-0.15, -0.1) is 23.1 Å². The number of hydrogen-bond donors (Lipinski definition) is 0. The molecule has 150 valence electrons. The Balaban J connectivity index is 1.89. The predicted octanol–water partition coefficient (Wildman–Crippen LogP) is 6.54. The van der Waals surface area contributed by atoms with E-state index in [1.54, 1.807) is 0 Å². The van der Waals surface area contributed by atoms with Crippen LogP contribution in [0, 0.1) is 5.92 Å². The van der Waals surface area contributed by atoms with Gasteiger partial charge in [-0.05, 0) is 81.1 Å². The molecule has 0 bridgehead atoms. The molecule has 2 aromatic rings. The lowest BCUT2D eigenvalue weighted by molar-refractivity contribution is 0.391. The first kappa shape index (κ1) is 22.4. The van der Waals surface area contributed by atoms with Crippen LogP contribution in [0.15, 0.2) is 34.7 Å². The van der Waals surface area contributed by atoms with E-state index in [0.717, 1.165) is 18.8 Å². The van der Waals surface area contributed by atoms with Crippen molar-refractivity contribution in [3.8, 4) is 0 Å². The van der Waals surface area contributed by atoms with Crippen LogP contribution in [0.25, 0.3) is 0 Å². The van der Waals surface area contributed by atoms with E-state index in [1.165, 1.54) is 65.6 Å². The molecule has 2 heterocycles. The molecule has 27 heavy (non-hydrogen) atoms. The number of thiophene rings is 1. The maximum absolute atomic E-state index is 5.04. The number of nitrogens with zero attached hydrogens (tertiary/aromatic N) is 2. The van der Waals surface area contributed by atoms with Crippen LogP contribution in [0.3, 0.4) is 0 Å². The first-order chi connectivity index (χ1) is 13.0. The van der Waals surface area contributed by atoms with Crippen molar-refractivity contribution >= 4 is 23.1 Å². The van der Waals surface area contributed by atoms with Crippen molar-refractivity contribution in [2.24, 2.45) is 5.92 Å². The van der Waals surface area contributed by atoms with E-state index in [9.17, 15) is 0 Å². The van der Waals surface area contributed by atoms with Crippen LogP contribution in [0.4, 0.5) is 0 Å². The Morgan fingerprint density at radius 2 is 1.89 bits per heavy atom. The number of unbranched alkanes of at least 4 members (excludes halogenated alkanes) is 3. The van der Waals surface area contributed by atoms with Gasteiger partial charge in [0.15, 0.2) is 0 Å². The summed E-state index contributed by atoms with van der Waals surface area (Å²) < 4.78 is 0. The Hall–Kier alpha value is -0.840. The molecule has 0 aliphatic carbocycles. The van der Waals surface area contributed by atoms with E-state index in [4.69, 9.17) is 4.98 Å². The average molecular weight is 405 g/mol. The summed E-state index contributed by atoms with van der Waals surface area (Å²) in [6.45, 7) is 5.78. The second-order valence-corrected chi connectivity index (χ2v) is 10.1. The molecule has 0 fully saturated rings. The largest absolute Gasteiger partial charge is 0.309 e. The third-order valence-corrected chi connectivity index (χ3v) is 6.65. The van der Waals surface area contributed by atoms with Crippen LogP contribution in [0.2, 0.25) is 0 Å². The van der Waals surface area contributed by atoms with E-state index >= 15 is 0 Å². The Morgan fingerprint density at radius 3 is 2.59 bits per heavy atom. The van der Waals surface area contributed by atoms with Gasteiger partial charge in [0.1, 0.15) is 0 Å². The van der Waals surface area contributed by atoms with Crippen molar-refractivity contribution in [3.05, 3.63) is 45.8 Å². The normalized spacial score (nSPS) is 11.6. The number of rotatable bonds is 13. The zero-order valence-corrected chi connectivity index (χ0v) is 19.2. The SMILES string of the molecule is CC(C)CCc1ccc(Cc2cccs2)c(SCCCCCCN(C)C)n1. The van der Waals surface area contributed by atoms with Crippen molar-refractivity contribution in [2.45, 2.75) is 63.8 Å². The van der Waals surface area contributed by atoms with Crippen LogP contribution >= 0.6 is 23.1 Å². The molecule has 2 nitrogen and oxygen atoms in total. The molecule has 2 rings (SSSR count). The van der Waals surface area contributed by atoms with Gasteiger partial charge in [-0.2, -0.15) is 0 Å². The van der Waals surface area contributed by atoms with Gasteiger partial charge in [0, 0.05) is 17.0 Å². The second kappa shape index (κ2) is 12.6. The number of hydrogen-bond acceptors (Lipinski definition) is 4. The predicted molar refractivity (Wildman–Crippen MR) is 122 cm³/mol. The molecule has 0 amide bonds. The Morgan fingerprint density at radius 1 is 1.07 bits per heavy atom. The first-order valence-electron chi connectivity index (χ1n) is 10.3. The van der Waals surface area contributed by atoms with E-state index in [0.29, 0.717) is 0 Å². The van der Waals surface area contributed by atoms with Crippen LogP contribution in [0.5, 0.6) is 0 Å². The van der Waals surface area contributed by atoms with E-state index in [-0.39, 0.29) is 0 Å². The molecule has 0 unspecified atom stereocenters. The Labute approximate surface area is 174 Å². The third kappa shape index (κ3) is 9.27. The van der Waals surface area contributed by atoms with Gasteiger partial charge in [0.05, 0.1) is 5.03 Å². The van der Waals surface area contributed by atoms with Crippen molar-refractivity contribution in [3.63, 3.8) is 0 Å². The molecule has 0 atom stereocenters. The lowest BCUT2D eigenvalue weighted by Crippen LogP contribution is -2.12. The standard InChI is InChI=1S/C23H36N2S2/c1-19(2)11-13-21-14-12-20(18-22-10-9-17-26-22)23(24-21)27-16-8-6-5-7-15-25(3)4/h9-10,12,14,17,19H,5-8,11,13,15-16,18H2,1-4H3. The minimum Gasteiger partial charge on any atom is -0.309 e. The van der Waals surface area contributed by atoms with Crippen molar-refractivity contribution < 1.29 is 0 Å². The summed E-state index contributed by atoms with van der Waals surface area (Å²) in [4.78, 5) is 8.75. The third-order valence-electron chi connectivity index (χ3n) is 4.66. The maximum atomic E-state index is 5.04. The summed E-state index contributed by atoms with van der Waals surface area (Å²) in [5.41, 5.74) is 2.65. The fourth-order valence-corrected chi connectivity index (χ4v) is 4.77. The fraction of sp³-hybridized carbons (Fsp3) is 0.609. The highest BCUT2D eigenvalue weighted by atomic mass is 32.2. The highest BCUT2D eigenvalue weighted by Gasteiger charge is 2.09. The summed E-state index contributed by atoms with van der Waals surface area (Å²) in [7, 11) is 4.31. The van der Waals surface area contributed by atoms with Crippen LogP contribution in [0.1, 0.15) is 62.1 Å².